The Morgan fingerprint density at radius 2 is 0.704 bits per heavy atom. The lowest BCUT2D eigenvalue weighted by Crippen LogP contribution is -2.45. The quantitative estimate of drug-likeness (QED) is 0.0244. The molecule has 0 saturated carbocycles. The monoisotopic (exact) mass is 996 g/mol. The van der Waals surface area contributed by atoms with E-state index in [1.54, 1.807) is 6.08 Å². The number of esters is 1. The predicted molar refractivity (Wildman–Crippen MR) is 310 cm³/mol. The van der Waals surface area contributed by atoms with Crippen molar-refractivity contribution in [1.82, 2.24) is 5.32 Å². The molecule has 71 heavy (non-hydrogen) atoms. The Labute approximate surface area is 442 Å². The number of carbonyl (C=O) groups excluding carboxylic acids is 2. The van der Waals surface area contributed by atoms with Gasteiger partial charge in [0.05, 0.1) is 25.4 Å². The Hall–Kier alpha value is -2.18. The van der Waals surface area contributed by atoms with E-state index >= 15 is 0 Å². The fourth-order valence-corrected chi connectivity index (χ4v) is 9.50. The molecule has 2 unspecified atom stereocenters. The summed E-state index contributed by atoms with van der Waals surface area (Å²) in [4.78, 5) is 24.5. The van der Waals surface area contributed by atoms with Gasteiger partial charge in [0.2, 0.25) is 5.91 Å². The van der Waals surface area contributed by atoms with E-state index < -0.39 is 12.1 Å². The van der Waals surface area contributed by atoms with Crippen LogP contribution in [0.4, 0.5) is 0 Å². The molecule has 1 amide bonds. The summed E-state index contributed by atoms with van der Waals surface area (Å²) in [6, 6.07) is -0.637. The standard InChI is InChI=1S/C65H121NO5/c1-3-5-7-9-11-13-15-17-19-20-21-23-26-30-33-37-41-45-49-53-57-63(68)62(61-67)66-64(69)58-54-50-46-42-38-34-31-27-24-22-25-28-32-36-40-44-48-52-56-60-71-65(70)59-55-51-47-43-39-35-29-18-16-14-12-10-8-6-4-2/h18,28-29,32,36,40,53,57,62-63,67-68H,3-17,19-27,30-31,33-35,37-39,41-52,54-56,58-61H2,1-2H3,(H,66,69)/b29-18-,32-28-,40-36-,57-53+. The average molecular weight is 997 g/mol. The van der Waals surface area contributed by atoms with Crippen molar-refractivity contribution in [2.45, 2.75) is 341 Å². The Bertz CT molecular complexity index is 1190. The van der Waals surface area contributed by atoms with Gasteiger partial charge in [-0.1, -0.05) is 274 Å². The summed E-state index contributed by atoms with van der Waals surface area (Å²) in [5.74, 6) is -0.0984. The van der Waals surface area contributed by atoms with E-state index in [0.29, 0.717) is 19.4 Å². The summed E-state index contributed by atoms with van der Waals surface area (Å²) in [5, 5.41) is 23.2. The minimum Gasteiger partial charge on any atom is -0.466 e. The van der Waals surface area contributed by atoms with Gasteiger partial charge in [-0.15, -0.1) is 0 Å². The Balaban J connectivity index is 3.51. The number of amides is 1. The number of rotatable bonds is 58. The fraction of sp³-hybridized carbons (Fsp3) is 0.846. The van der Waals surface area contributed by atoms with Gasteiger partial charge in [0.1, 0.15) is 0 Å². The molecule has 0 aliphatic carbocycles. The number of aliphatic hydroxyl groups is 2. The summed E-state index contributed by atoms with van der Waals surface area (Å²) in [6.07, 6.45) is 77.2. The zero-order valence-electron chi connectivity index (χ0n) is 47.5. The van der Waals surface area contributed by atoms with Gasteiger partial charge in [0.15, 0.2) is 0 Å². The molecule has 6 nitrogen and oxygen atoms in total. The summed E-state index contributed by atoms with van der Waals surface area (Å²) in [6.45, 7) is 4.87. The van der Waals surface area contributed by atoms with E-state index in [1.165, 1.54) is 225 Å². The largest absolute Gasteiger partial charge is 0.466 e. The van der Waals surface area contributed by atoms with Crippen LogP contribution in [0.15, 0.2) is 48.6 Å². The lowest BCUT2D eigenvalue weighted by molar-refractivity contribution is -0.143. The van der Waals surface area contributed by atoms with E-state index in [2.05, 4.69) is 55.6 Å². The third kappa shape index (κ3) is 57.0. The zero-order valence-corrected chi connectivity index (χ0v) is 47.5. The van der Waals surface area contributed by atoms with Gasteiger partial charge in [-0.2, -0.15) is 0 Å². The average Bonchev–Trinajstić information content (AvgIpc) is 3.37. The van der Waals surface area contributed by atoms with Crippen molar-refractivity contribution in [3.05, 3.63) is 48.6 Å². The van der Waals surface area contributed by atoms with Crippen LogP contribution in [0.25, 0.3) is 0 Å². The van der Waals surface area contributed by atoms with Crippen LogP contribution in [-0.4, -0.2) is 47.4 Å². The lowest BCUT2D eigenvalue weighted by atomic mass is 10.0. The smallest absolute Gasteiger partial charge is 0.305 e. The molecular weight excluding hydrogens is 875 g/mol. The molecule has 6 heteroatoms. The Kier molecular flexibility index (Phi) is 58.5. The zero-order chi connectivity index (χ0) is 51.4. The molecule has 0 aromatic rings. The molecular formula is C65H121NO5. The number of aliphatic hydroxyl groups excluding tert-OH is 2. The summed E-state index contributed by atoms with van der Waals surface area (Å²) >= 11 is 0. The highest BCUT2D eigenvalue weighted by molar-refractivity contribution is 5.76. The molecule has 0 aliphatic heterocycles. The topological polar surface area (TPSA) is 95.9 Å². The normalized spacial score (nSPS) is 12.9. The van der Waals surface area contributed by atoms with Crippen LogP contribution in [0.2, 0.25) is 0 Å². The molecule has 0 rings (SSSR count). The van der Waals surface area contributed by atoms with Gasteiger partial charge in [0, 0.05) is 12.8 Å². The number of ether oxygens (including phenoxy) is 1. The Morgan fingerprint density at radius 3 is 1.08 bits per heavy atom. The highest BCUT2D eigenvalue weighted by atomic mass is 16.5. The highest BCUT2D eigenvalue weighted by Gasteiger charge is 2.18. The van der Waals surface area contributed by atoms with Crippen molar-refractivity contribution in [2.24, 2.45) is 0 Å². The van der Waals surface area contributed by atoms with E-state index in [9.17, 15) is 19.8 Å². The van der Waals surface area contributed by atoms with Crippen molar-refractivity contribution in [2.75, 3.05) is 13.2 Å². The maximum absolute atomic E-state index is 12.5. The number of unbranched alkanes of at least 4 members (excludes halogenated alkanes) is 42. The van der Waals surface area contributed by atoms with E-state index in [0.717, 1.165) is 77.0 Å². The second kappa shape index (κ2) is 60.4. The van der Waals surface area contributed by atoms with Crippen molar-refractivity contribution < 1.29 is 24.5 Å². The second-order valence-electron chi connectivity index (χ2n) is 21.4. The van der Waals surface area contributed by atoms with Crippen LogP contribution in [0.3, 0.4) is 0 Å². The first-order chi connectivity index (χ1) is 35.0. The number of hydrogen-bond donors (Lipinski definition) is 3. The van der Waals surface area contributed by atoms with Crippen LogP contribution in [-0.2, 0) is 14.3 Å². The van der Waals surface area contributed by atoms with E-state index in [4.69, 9.17) is 4.74 Å². The molecule has 3 N–H and O–H groups in total. The van der Waals surface area contributed by atoms with Crippen LogP contribution in [0.5, 0.6) is 0 Å². The van der Waals surface area contributed by atoms with Gasteiger partial charge >= 0.3 is 5.97 Å². The van der Waals surface area contributed by atoms with Crippen molar-refractivity contribution in [3.8, 4) is 0 Å². The van der Waals surface area contributed by atoms with Crippen molar-refractivity contribution in [1.29, 1.82) is 0 Å². The van der Waals surface area contributed by atoms with Gasteiger partial charge in [-0.05, 0) is 89.9 Å². The summed E-state index contributed by atoms with van der Waals surface area (Å²) in [5.41, 5.74) is 0. The van der Waals surface area contributed by atoms with E-state index in [-0.39, 0.29) is 18.5 Å². The van der Waals surface area contributed by atoms with Crippen LogP contribution in [0, 0.1) is 0 Å². The summed E-state index contributed by atoms with van der Waals surface area (Å²) < 4.78 is 5.45. The molecule has 416 valence electrons. The Morgan fingerprint density at radius 1 is 0.394 bits per heavy atom. The van der Waals surface area contributed by atoms with Crippen LogP contribution in [0.1, 0.15) is 328 Å². The van der Waals surface area contributed by atoms with Crippen molar-refractivity contribution >= 4 is 11.9 Å². The van der Waals surface area contributed by atoms with Crippen LogP contribution < -0.4 is 5.32 Å². The molecule has 0 bridgehead atoms. The molecule has 2 atom stereocenters. The molecule has 0 radical (unpaired) electrons. The number of allylic oxidation sites excluding steroid dienone is 7. The van der Waals surface area contributed by atoms with Gasteiger partial charge in [-0.3, -0.25) is 9.59 Å². The first kappa shape index (κ1) is 68.8. The summed E-state index contributed by atoms with van der Waals surface area (Å²) in [7, 11) is 0. The third-order valence-electron chi connectivity index (χ3n) is 14.3. The maximum atomic E-state index is 12.5. The highest BCUT2D eigenvalue weighted by Crippen LogP contribution is 2.17. The molecule has 0 spiro atoms. The van der Waals surface area contributed by atoms with Crippen LogP contribution >= 0.6 is 0 Å². The number of carbonyl (C=O) groups is 2. The predicted octanol–water partition coefficient (Wildman–Crippen LogP) is 19.7. The van der Waals surface area contributed by atoms with Gasteiger partial charge in [0.25, 0.3) is 0 Å². The molecule has 0 saturated heterocycles. The molecule has 0 aliphatic rings. The minimum absolute atomic E-state index is 0.0221. The second-order valence-corrected chi connectivity index (χ2v) is 21.4. The van der Waals surface area contributed by atoms with Gasteiger partial charge in [-0.25, -0.2) is 0 Å². The first-order valence-electron chi connectivity index (χ1n) is 31.4. The maximum Gasteiger partial charge on any atom is 0.305 e. The lowest BCUT2D eigenvalue weighted by Gasteiger charge is -2.20. The third-order valence-corrected chi connectivity index (χ3v) is 14.3. The van der Waals surface area contributed by atoms with E-state index in [1.807, 2.05) is 6.08 Å². The number of hydrogen-bond acceptors (Lipinski definition) is 5. The fourth-order valence-electron chi connectivity index (χ4n) is 9.50. The van der Waals surface area contributed by atoms with Crippen molar-refractivity contribution in [3.63, 3.8) is 0 Å². The molecule has 0 fully saturated rings. The first-order valence-corrected chi connectivity index (χ1v) is 31.4. The van der Waals surface area contributed by atoms with Gasteiger partial charge < -0.3 is 20.3 Å². The molecule has 0 aromatic carbocycles. The number of nitrogens with one attached hydrogen (secondary N) is 1. The minimum atomic E-state index is -0.853. The molecule has 0 heterocycles. The SMILES string of the molecule is CCCCCCCC/C=C\CCCCCCCC(=O)OCCCCC/C=C\C=C/CCCCCCCCCCCCC(=O)NC(CO)C(O)/C=C/CCCCCCCCCCCCCCCCCCCC. The molecule has 0 aromatic heterocycles.